The normalized spacial score (nSPS) is 29.1. The van der Waals surface area contributed by atoms with Gasteiger partial charge >= 0.3 is 29.8 Å². The lowest BCUT2D eigenvalue weighted by Gasteiger charge is -2.61. The molecule has 1 aromatic carbocycles. The second kappa shape index (κ2) is 11.0. The molecule has 4 aliphatic rings. The number of hydrogen-bond donors (Lipinski definition) is 6. The first-order valence-corrected chi connectivity index (χ1v) is 13.7. The molecular weight excluding hydrogens is 590 g/mol. The Labute approximate surface area is 249 Å². The van der Waals surface area contributed by atoms with E-state index in [-0.39, 0.29) is 29.7 Å². The number of carboxylic acids is 2. The van der Waals surface area contributed by atoms with E-state index in [0.29, 0.717) is 24.9 Å². The summed E-state index contributed by atoms with van der Waals surface area (Å²) >= 11 is 0. The molecule has 2 aliphatic heterocycles. The number of likely N-dealkylation sites (N-methyl/N-ethyl adjacent to an activating group) is 1. The van der Waals surface area contributed by atoms with Crippen LogP contribution >= 0.6 is 0 Å². The fourth-order valence-electron chi connectivity index (χ4n) is 6.74. The van der Waals surface area contributed by atoms with Crippen LogP contribution in [0, 0.1) is 0 Å². The minimum absolute atomic E-state index is 0.0263. The lowest BCUT2D eigenvalue weighted by Crippen LogP contribution is -2.74. The number of phenolic OH excluding ortho intramolecular Hbond substituents is 1. The molecule has 5 rings (SSSR count). The predicted octanol–water partition coefficient (Wildman–Crippen LogP) is -1.66. The number of likely N-dealkylation sites (tertiary alicyclic amines) is 1. The molecule has 2 unspecified atom stereocenters. The number of aliphatic hydroxyl groups excluding tert-OH is 2. The molecule has 238 valence electrons. The van der Waals surface area contributed by atoms with E-state index < -0.39 is 77.8 Å². The Bertz CT molecular complexity index is 1460. The molecule has 2 aliphatic carbocycles. The molecule has 0 radical (unpaired) electrons. The fraction of sp³-hybridized carbons (Fsp3) is 0.536. The lowest BCUT2D eigenvalue weighted by molar-refractivity contribution is -0.186. The van der Waals surface area contributed by atoms with Gasteiger partial charge in [-0.3, -0.25) is 4.79 Å². The summed E-state index contributed by atoms with van der Waals surface area (Å²) in [6, 6.07) is 2.92. The smallest absolute Gasteiger partial charge is 0.348 e. The summed E-state index contributed by atoms with van der Waals surface area (Å²) in [6.45, 7) is 1.49. The van der Waals surface area contributed by atoms with Crippen LogP contribution in [0.2, 0.25) is 0 Å². The van der Waals surface area contributed by atoms with Crippen LogP contribution in [0.25, 0.3) is 0 Å². The van der Waals surface area contributed by atoms with Crippen molar-refractivity contribution in [3.05, 3.63) is 35.1 Å². The SMILES string of the molecule is CC(OC(=O)[C@H](O)[C@@H](O)C(=O)OC1=CC[C@@]2(O)[C@H]3Cc4ccc(O)c5c4[C@@]2(CCN3C)[C@H]1O5)C(=O)OC(CC(=O)O)C(=O)O. The summed E-state index contributed by atoms with van der Waals surface area (Å²) in [5, 5.41) is 61.2. The van der Waals surface area contributed by atoms with Gasteiger partial charge in [-0.1, -0.05) is 6.07 Å². The molecule has 16 nitrogen and oxygen atoms in total. The average molecular weight is 622 g/mol. The molecule has 0 saturated carbocycles. The minimum Gasteiger partial charge on any atom is -0.504 e. The Morgan fingerprint density at radius 3 is 2.41 bits per heavy atom. The highest BCUT2D eigenvalue weighted by Crippen LogP contribution is 2.65. The van der Waals surface area contributed by atoms with Crippen LogP contribution in [0.15, 0.2) is 24.0 Å². The van der Waals surface area contributed by atoms with Crippen LogP contribution in [0.3, 0.4) is 0 Å². The van der Waals surface area contributed by atoms with Crippen LogP contribution in [0.5, 0.6) is 11.5 Å². The van der Waals surface area contributed by atoms with Crippen LogP contribution in [0.1, 0.15) is 37.3 Å². The standard InChI is InChI=1S/C28H31NO15/c1-11(24(37)43-15(23(35)36)10-17(31)32)41-25(38)19(33)20(34)26(39)42-14-5-6-28(40)16-9-12-3-4-13(30)21-18(12)27(28,22(14)44-21)7-8-29(16)2/h3-5,11,15-16,19-20,22,30,33-34,40H,6-10H2,1-2H3,(H,31,32)(H,35,36)/t11?,15?,16-,19-,20-,22+,27+,28-/m1/s1. The number of aliphatic carboxylic acids is 2. The number of hydrogen-bond acceptors (Lipinski definition) is 14. The summed E-state index contributed by atoms with van der Waals surface area (Å²) < 4.78 is 20.7. The molecule has 0 aromatic heterocycles. The van der Waals surface area contributed by atoms with Crippen LogP contribution in [0.4, 0.5) is 0 Å². The Morgan fingerprint density at radius 1 is 1.07 bits per heavy atom. The number of esters is 3. The average Bonchev–Trinajstić information content (AvgIpc) is 3.32. The Kier molecular flexibility index (Phi) is 7.82. The maximum absolute atomic E-state index is 12.9. The van der Waals surface area contributed by atoms with Crippen molar-refractivity contribution in [2.24, 2.45) is 0 Å². The second-order valence-corrected chi connectivity index (χ2v) is 11.4. The van der Waals surface area contributed by atoms with Crippen molar-refractivity contribution in [1.29, 1.82) is 0 Å². The van der Waals surface area contributed by atoms with Gasteiger partial charge in [0.2, 0.25) is 6.10 Å². The zero-order valence-electron chi connectivity index (χ0n) is 23.5. The van der Waals surface area contributed by atoms with Gasteiger partial charge in [-0.05, 0) is 51.1 Å². The van der Waals surface area contributed by atoms with Gasteiger partial charge in [0.25, 0.3) is 0 Å². The van der Waals surface area contributed by atoms with Gasteiger partial charge in [0.15, 0.2) is 35.9 Å². The number of carbonyl (C=O) groups excluding carboxylic acids is 3. The molecule has 16 heteroatoms. The number of benzene rings is 1. The largest absolute Gasteiger partial charge is 0.504 e. The Hall–Kier alpha value is -4.25. The highest BCUT2D eigenvalue weighted by Gasteiger charge is 2.72. The van der Waals surface area contributed by atoms with E-state index in [9.17, 15) is 44.4 Å². The van der Waals surface area contributed by atoms with E-state index in [0.717, 1.165) is 12.5 Å². The van der Waals surface area contributed by atoms with E-state index in [4.69, 9.17) is 19.7 Å². The maximum atomic E-state index is 12.9. The zero-order chi connectivity index (χ0) is 32.3. The number of piperidine rings is 1. The number of aliphatic hydroxyl groups is 3. The van der Waals surface area contributed by atoms with E-state index in [2.05, 4.69) is 9.47 Å². The predicted molar refractivity (Wildman–Crippen MR) is 140 cm³/mol. The molecule has 44 heavy (non-hydrogen) atoms. The monoisotopic (exact) mass is 621 g/mol. The van der Waals surface area contributed by atoms with Gasteiger partial charge in [0.05, 0.1) is 17.4 Å². The molecule has 0 amide bonds. The first-order chi connectivity index (χ1) is 20.6. The van der Waals surface area contributed by atoms with Crippen molar-refractivity contribution < 1.29 is 73.6 Å². The van der Waals surface area contributed by atoms with E-state index in [1.54, 1.807) is 6.07 Å². The summed E-state index contributed by atoms with van der Waals surface area (Å²) in [7, 11) is 1.89. The van der Waals surface area contributed by atoms with Gasteiger partial charge in [0, 0.05) is 18.0 Å². The number of ether oxygens (including phenoxy) is 4. The molecule has 1 spiro atoms. The molecular formula is C28H31NO15. The van der Waals surface area contributed by atoms with Crippen LogP contribution in [-0.2, 0) is 50.0 Å². The lowest BCUT2D eigenvalue weighted by atomic mass is 9.50. The number of rotatable bonds is 10. The van der Waals surface area contributed by atoms with E-state index >= 15 is 0 Å². The second-order valence-electron chi connectivity index (χ2n) is 11.4. The third kappa shape index (κ3) is 4.74. The topological polar surface area (TPSA) is 247 Å². The van der Waals surface area contributed by atoms with Crippen molar-refractivity contribution >= 4 is 29.8 Å². The summed E-state index contributed by atoms with van der Waals surface area (Å²) in [4.78, 5) is 61.4. The van der Waals surface area contributed by atoms with Crippen molar-refractivity contribution in [1.82, 2.24) is 4.90 Å². The van der Waals surface area contributed by atoms with E-state index in [1.165, 1.54) is 12.1 Å². The van der Waals surface area contributed by atoms with E-state index in [1.807, 2.05) is 11.9 Å². The summed E-state index contributed by atoms with van der Waals surface area (Å²) in [5.74, 6) is -8.09. The quantitative estimate of drug-likeness (QED) is 0.126. The maximum Gasteiger partial charge on any atom is 0.348 e. The minimum atomic E-state index is -2.56. The molecule has 6 N–H and O–H groups in total. The fourth-order valence-corrected chi connectivity index (χ4v) is 6.74. The third-order valence-corrected chi connectivity index (χ3v) is 8.87. The van der Waals surface area contributed by atoms with Crippen LogP contribution in [-0.4, -0.2) is 121 Å². The van der Waals surface area contributed by atoms with Gasteiger partial charge in [-0.15, -0.1) is 0 Å². The molecule has 2 heterocycles. The van der Waals surface area contributed by atoms with Crippen LogP contribution < -0.4 is 4.74 Å². The van der Waals surface area contributed by atoms with Gasteiger partial charge in [-0.25, -0.2) is 19.2 Å². The Morgan fingerprint density at radius 2 is 1.75 bits per heavy atom. The highest BCUT2D eigenvalue weighted by molar-refractivity contribution is 5.88. The number of nitrogens with zero attached hydrogens (tertiary/aromatic N) is 1. The summed E-state index contributed by atoms with van der Waals surface area (Å²) in [5.41, 5.74) is -0.987. The van der Waals surface area contributed by atoms with Gasteiger partial charge < -0.3 is 54.5 Å². The number of carbonyl (C=O) groups is 5. The number of aromatic hydroxyl groups is 1. The molecule has 1 aromatic rings. The van der Waals surface area contributed by atoms with Crippen molar-refractivity contribution in [3.8, 4) is 11.5 Å². The molecule has 1 saturated heterocycles. The van der Waals surface area contributed by atoms with Crippen molar-refractivity contribution in [2.45, 2.75) is 80.2 Å². The molecule has 2 bridgehead atoms. The summed E-state index contributed by atoms with van der Waals surface area (Å²) in [6.07, 6.45) is -8.88. The van der Waals surface area contributed by atoms with Crippen molar-refractivity contribution in [2.75, 3.05) is 13.6 Å². The third-order valence-electron chi connectivity index (χ3n) is 8.87. The molecule has 8 atom stereocenters. The Balaban J connectivity index is 1.29. The van der Waals surface area contributed by atoms with Gasteiger partial charge in [0.1, 0.15) is 5.76 Å². The first kappa shape index (κ1) is 31.2. The first-order valence-electron chi connectivity index (χ1n) is 13.7. The highest BCUT2D eigenvalue weighted by atomic mass is 16.6. The number of carboxylic acid groups (broad SMARTS) is 2. The number of phenols is 1. The zero-order valence-corrected chi connectivity index (χ0v) is 23.5. The van der Waals surface area contributed by atoms with Gasteiger partial charge in [-0.2, -0.15) is 0 Å². The van der Waals surface area contributed by atoms with Crippen molar-refractivity contribution in [3.63, 3.8) is 0 Å². The molecule has 1 fully saturated rings.